The summed E-state index contributed by atoms with van der Waals surface area (Å²) in [4.78, 5) is 34.7. The quantitative estimate of drug-likeness (QED) is 0.712. The average Bonchev–Trinajstić information content (AvgIpc) is 3.19. The highest BCUT2D eigenvalue weighted by molar-refractivity contribution is 7.13. The van der Waals surface area contributed by atoms with Gasteiger partial charge in [0, 0.05) is 24.0 Å². The third-order valence-electron chi connectivity index (χ3n) is 4.48. The lowest BCUT2D eigenvalue weighted by Crippen LogP contribution is -2.48. The molecule has 2 N–H and O–H groups in total. The first-order valence-electron chi connectivity index (χ1n) is 8.91. The van der Waals surface area contributed by atoms with E-state index in [0.717, 1.165) is 16.1 Å². The lowest BCUT2D eigenvalue weighted by molar-refractivity contribution is -0.120. The highest BCUT2D eigenvalue weighted by Gasteiger charge is 2.18. The molecule has 0 spiro atoms. The number of aromatic nitrogens is 2. The van der Waals surface area contributed by atoms with E-state index in [1.54, 1.807) is 23.7 Å². The number of rotatable bonds is 4. The Morgan fingerprint density at radius 3 is 2.86 bits per heavy atom. The molecule has 1 aliphatic heterocycles. The summed E-state index contributed by atoms with van der Waals surface area (Å²) in [5.74, 6) is 0.421. The summed E-state index contributed by atoms with van der Waals surface area (Å²) in [6.07, 6.45) is 1.59. The van der Waals surface area contributed by atoms with Crippen molar-refractivity contribution in [3.63, 3.8) is 0 Å². The molecule has 2 aromatic heterocycles. The zero-order valence-electron chi connectivity index (χ0n) is 15.3. The fourth-order valence-corrected chi connectivity index (χ4v) is 3.88. The number of piperazine rings is 1. The maximum atomic E-state index is 12.5. The van der Waals surface area contributed by atoms with Crippen LogP contribution in [0.4, 0.5) is 11.5 Å². The van der Waals surface area contributed by atoms with Gasteiger partial charge in [0.25, 0.3) is 5.91 Å². The summed E-state index contributed by atoms with van der Waals surface area (Å²) in [5.41, 5.74) is 3.11. The smallest absolute Gasteiger partial charge is 0.275 e. The molecule has 1 aliphatic rings. The van der Waals surface area contributed by atoms with Crippen molar-refractivity contribution in [3.8, 4) is 10.6 Å². The van der Waals surface area contributed by atoms with Crippen molar-refractivity contribution in [1.82, 2.24) is 15.3 Å². The Hall–Kier alpha value is -3.26. The number of carbonyl (C=O) groups excluding carboxylic acids is 2. The molecule has 3 aromatic rings. The van der Waals surface area contributed by atoms with Gasteiger partial charge < -0.3 is 15.5 Å². The van der Waals surface area contributed by atoms with Gasteiger partial charge in [0.1, 0.15) is 16.5 Å². The van der Waals surface area contributed by atoms with Crippen molar-refractivity contribution in [1.29, 1.82) is 0 Å². The molecule has 2 amide bonds. The topological polar surface area (TPSA) is 87.2 Å². The zero-order valence-corrected chi connectivity index (χ0v) is 16.1. The van der Waals surface area contributed by atoms with Crippen LogP contribution in [0.15, 0.2) is 48.0 Å². The molecule has 4 rings (SSSR count). The minimum absolute atomic E-state index is 0.0154. The predicted octanol–water partition coefficient (Wildman–Crippen LogP) is 2.70. The number of hydrogen-bond acceptors (Lipinski definition) is 6. The fraction of sp³-hybridized carbons (Fsp3) is 0.200. The second-order valence-corrected chi connectivity index (χ2v) is 7.34. The van der Waals surface area contributed by atoms with Crippen LogP contribution in [0, 0.1) is 6.92 Å². The monoisotopic (exact) mass is 393 g/mol. The van der Waals surface area contributed by atoms with Crippen LogP contribution in [0.3, 0.4) is 0 Å². The van der Waals surface area contributed by atoms with Gasteiger partial charge in [0.05, 0.1) is 18.4 Å². The summed E-state index contributed by atoms with van der Waals surface area (Å²) in [7, 11) is 0. The van der Waals surface area contributed by atoms with E-state index in [0.29, 0.717) is 36.8 Å². The Balaban J connectivity index is 1.44. The Bertz CT molecular complexity index is 1020. The fourth-order valence-electron chi connectivity index (χ4n) is 2.99. The first kappa shape index (κ1) is 18.1. The molecule has 0 radical (unpaired) electrons. The molecular weight excluding hydrogens is 374 g/mol. The number of benzene rings is 1. The van der Waals surface area contributed by atoms with Crippen LogP contribution >= 0.6 is 11.3 Å². The van der Waals surface area contributed by atoms with E-state index in [-0.39, 0.29) is 11.8 Å². The Kier molecular flexibility index (Phi) is 5.03. The van der Waals surface area contributed by atoms with Crippen LogP contribution < -0.4 is 15.5 Å². The maximum absolute atomic E-state index is 12.5. The van der Waals surface area contributed by atoms with Crippen molar-refractivity contribution in [2.24, 2.45) is 0 Å². The van der Waals surface area contributed by atoms with Crippen molar-refractivity contribution >= 4 is 34.7 Å². The van der Waals surface area contributed by atoms with Crippen molar-refractivity contribution < 1.29 is 9.59 Å². The second kappa shape index (κ2) is 7.77. The van der Waals surface area contributed by atoms with Crippen LogP contribution in [-0.2, 0) is 4.79 Å². The molecule has 28 heavy (non-hydrogen) atoms. The van der Waals surface area contributed by atoms with Crippen LogP contribution in [0.25, 0.3) is 10.6 Å². The van der Waals surface area contributed by atoms with Gasteiger partial charge in [-0.15, -0.1) is 11.3 Å². The van der Waals surface area contributed by atoms with Crippen LogP contribution in [-0.4, -0.2) is 41.4 Å². The highest BCUT2D eigenvalue weighted by atomic mass is 32.1. The van der Waals surface area contributed by atoms with Crippen molar-refractivity contribution in [3.05, 3.63) is 59.2 Å². The van der Waals surface area contributed by atoms with E-state index in [1.165, 1.54) is 11.3 Å². The Morgan fingerprint density at radius 2 is 2.11 bits per heavy atom. The molecule has 3 heterocycles. The molecule has 8 heteroatoms. The summed E-state index contributed by atoms with van der Waals surface area (Å²) in [5, 5.41) is 8.18. The number of nitrogens with zero attached hydrogens (tertiary/aromatic N) is 3. The summed E-state index contributed by atoms with van der Waals surface area (Å²) in [6.45, 7) is 3.63. The van der Waals surface area contributed by atoms with Gasteiger partial charge in [-0.05, 0) is 24.6 Å². The van der Waals surface area contributed by atoms with Gasteiger partial charge in [-0.25, -0.2) is 9.97 Å². The molecule has 0 bridgehead atoms. The molecule has 7 nitrogen and oxygen atoms in total. The number of carbonyl (C=O) groups is 2. The van der Waals surface area contributed by atoms with Gasteiger partial charge in [-0.1, -0.05) is 24.3 Å². The van der Waals surface area contributed by atoms with Crippen molar-refractivity contribution in [2.45, 2.75) is 6.92 Å². The lowest BCUT2D eigenvalue weighted by Gasteiger charge is -2.27. The minimum atomic E-state index is -0.275. The van der Waals surface area contributed by atoms with E-state index in [1.807, 2.05) is 36.1 Å². The van der Waals surface area contributed by atoms with E-state index in [9.17, 15) is 9.59 Å². The maximum Gasteiger partial charge on any atom is 0.275 e. The number of pyridine rings is 1. The highest BCUT2D eigenvalue weighted by Crippen LogP contribution is 2.27. The van der Waals surface area contributed by atoms with Gasteiger partial charge in [0.15, 0.2) is 0 Å². The molecule has 0 saturated carbocycles. The molecule has 0 atom stereocenters. The first-order valence-corrected chi connectivity index (χ1v) is 9.79. The van der Waals surface area contributed by atoms with E-state index in [4.69, 9.17) is 0 Å². The number of hydrogen-bond donors (Lipinski definition) is 2. The molecule has 1 aromatic carbocycles. The number of nitrogens with one attached hydrogen (secondary N) is 2. The minimum Gasteiger partial charge on any atom is -0.353 e. The summed E-state index contributed by atoms with van der Waals surface area (Å²) >= 11 is 1.45. The predicted molar refractivity (Wildman–Crippen MR) is 110 cm³/mol. The molecule has 1 fully saturated rings. The Morgan fingerprint density at radius 1 is 1.25 bits per heavy atom. The number of amides is 2. The van der Waals surface area contributed by atoms with Crippen molar-refractivity contribution in [2.75, 3.05) is 29.9 Å². The first-order chi connectivity index (χ1) is 13.6. The zero-order chi connectivity index (χ0) is 19.5. The normalized spacial score (nSPS) is 13.9. The number of anilines is 2. The van der Waals surface area contributed by atoms with Gasteiger partial charge >= 0.3 is 0 Å². The third-order valence-corrected chi connectivity index (χ3v) is 5.36. The third kappa shape index (κ3) is 3.86. The van der Waals surface area contributed by atoms with Gasteiger partial charge in [-0.2, -0.15) is 0 Å². The SMILES string of the molecule is Cc1ccccc1-c1nc(C(=O)Nc2ccc(N3CCNC(=O)C3)nc2)cs1. The number of aryl methyl sites for hydroxylation is 1. The molecule has 142 valence electrons. The van der Waals surface area contributed by atoms with E-state index < -0.39 is 0 Å². The average molecular weight is 393 g/mol. The number of thiazole rings is 1. The van der Waals surface area contributed by atoms with E-state index >= 15 is 0 Å². The van der Waals surface area contributed by atoms with Crippen LogP contribution in [0.5, 0.6) is 0 Å². The van der Waals surface area contributed by atoms with Gasteiger partial charge in [0.2, 0.25) is 5.91 Å². The summed E-state index contributed by atoms with van der Waals surface area (Å²) in [6, 6.07) is 11.5. The second-order valence-electron chi connectivity index (χ2n) is 6.48. The molecular formula is C20H19N5O2S. The Labute approximate surface area is 166 Å². The van der Waals surface area contributed by atoms with Crippen LogP contribution in [0.1, 0.15) is 16.1 Å². The van der Waals surface area contributed by atoms with Gasteiger partial charge in [-0.3, -0.25) is 9.59 Å². The van der Waals surface area contributed by atoms with E-state index in [2.05, 4.69) is 20.6 Å². The largest absolute Gasteiger partial charge is 0.353 e. The standard InChI is InChI=1S/C20H19N5O2S/c1-13-4-2-3-5-15(13)20-24-16(12-28-20)19(27)23-14-6-7-17(22-10-14)25-9-8-21-18(26)11-25/h2-7,10,12H,8-9,11H2,1H3,(H,21,26)(H,23,27). The molecule has 0 aliphatic carbocycles. The van der Waals surface area contributed by atoms with Crippen LogP contribution in [0.2, 0.25) is 0 Å². The lowest BCUT2D eigenvalue weighted by atomic mass is 10.1. The summed E-state index contributed by atoms with van der Waals surface area (Å²) < 4.78 is 0. The molecule has 0 unspecified atom stereocenters. The molecule has 1 saturated heterocycles.